The molecule has 2 aliphatic heterocycles. The van der Waals surface area contributed by atoms with Gasteiger partial charge in [0, 0.05) is 4.24 Å². The van der Waals surface area contributed by atoms with E-state index in [-0.39, 0.29) is 0 Å². The Morgan fingerprint density at radius 2 is 1.56 bits per heavy atom. The van der Waals surface area contributed by atoms with Gasteiger partial charge in [-0.2, -0.15) is 0 Å². The van der Waals surface area contributed by atoms with Crippen LogP contribution in [0.4, 0.5) is 0 Å². The van der Waals surface area contributed by atoms with Gasteiger partial charge in [-0.1, -0.05) is 6.08 Å². The minimum absolute atomic E-state index is 0.726. The Kier molecular flexibility index (Phi) is 2.80. The number of rotatable bonds is 1. The zero-order valence-electron chi connectivity index (χ0n) is 9.19. The van der Waals surface area contributed by atoms with Crippen molar-refractivity contribution in [2.45, 2.75) is 16.9 Å². The summed E-state index contributed by atoms with van der Waals surface area (Å²) in [5.41, 5.74) is 0. The molecule has 4 heteroatoms. The minimum Gasteiger partial charge on any atom is -0.144 e. The van der Waals surface area contributed by atoms with Crippen molar-refractivity contribution >= 4 is 47.0 Å². The first-order valence-electron chi connectivity index (χ1n) is 6.17. The maximum Gasteiger partial charge on any atom is 0.0685 e. The molecule has 2 atom stereocenters. The highest BCUT2D eigenvalue weighted by atomic mass is 32.2. The lowest BCUT2D eigenvalue weighted by Crippen LogP contribution is -2.20. The summed E-state index contributed by atoms with van der Waals surface area (Å²) < 4.78 is 2.37. The van der Waals surface area contributed by atoms with E-state index in [1.165, 1.54) is 35.9 Å². The molecule has 0 radical (unpaired) electrons. The highest BCUT2D eigenvalue weighted by Gasteiger charge is 2.83. The Labute approximate surface area is 115 Å². The van der Waals surface area contributed by atoms with Gasteiger partial charge in [0.25, 0.3) is 0 Å². The highest BCUT2D eigenvalue weighted by molar-refractivity contribution is 8.22. The first-order valence-corrected chi connectivity index (χ1v) is 10.1. The molecule has 88 valence electrons. The second-order valence-corrected chi connectivity index (χ2v) is 10.5. The fourth-order valence-corrected chi connectivity index (χ4v) is 9.58. The van der Waals surface area contributed by atoms with Crippen LogP contribution in [-0.4, -0.2) is 27.1 Å². The van der Waals surface area contributed by atoms with E-state index in [0.29, 0.717) is 0 Å². The van der Waals surface area contributed by atoms with Crippen LogP contribution in [0.1, 0.15) is 12.8 Å². The van der Waals surface area contributed by atoms with Gasteiger partial charge in [-0.25, -0.2) is 0 Å². The third-order valence-electron chi connectivity index (χ3n) is 3.95. The van der Waals surface area contributed by atoms with E-state index in [4.69, 9.17) is 0 Å². The maximum atomic E-state index is 2.62. The van der Waals surface area contributed by atoms with Crippen LogP contribution >= 0.6 is 47.0 Å². The fourth-order valence-electron chi connectivity index (χ4n) is 3.00. The molecule has 0 bridgehead atoms. The summed E-state index contributed by atoms with van der Waals surface area (Å²) in [6, 6.07) is 0. The molecule has 16 heavy (non-hydrogen) atoms. The Balaban J connectivity index is 1.38. The van der Waals surface area contributed by atoms with Crippen molar-refractivity contribution in [1.29, 1.82) is 0 Å². The van der Waals surface area contributed by atoms with Gasteiger partial charge in [0.15, 0.2) is 0 Å². The van der Waals surface area contributed by atoms with E-state index in [1.54, 1.807) is 4.24 Å². The molecule has 0 aromatic heterocycles. The molecule has 1 spiro atoms. The van der Waals surface area contributed by atoms with Crippen molar-refractivity contribution in [1.82, 2.24) is 0 Å². The van der Waals surface area contributed by atoms with Gasteiger partial charge in [0.2, 0.25) is 0 Å². The third-order valence-corrected chi connectivity index (χ3v) is 10.2. The molecule has 0 aromatic carbocycles. The molecule has 4 rings (SSSR count). The number of thioether (sulfide) groups is 4. The molecular weight excluding hydrogens is 272 g/mol. The SMILES string of the molecule is C(=C1SCCCS1)C1C2C1C21SCCCS1. The minimum atomic E-state index is 0.726. The number of allylic oxidation sites excluding steroid dienone is 1. The third kappa shape index (κ3) is 1.63. The summed E-state index contributed by atoms with van der Waals surface area (Å²) in [6.07, 6.45) is 5.46. The van der Waals surface area contributed by atoms with Crippen LogP contribution in [0.3, 0.4) is 0 Å². The lowest BCUT2D eigenvalue weighted by molar-refractivity contribution is 0.722. The molecule has 0 aromatic rings. The van der Waals surface area contributed by atoms with Gasteiger partial charge < -0.3 is 0 Å². The van der Waals surface area contributed by atoms with Crippen molar-refractivity contribution in [3.8, 4) is 0 Å². The van der Waals surface area contributed by atoms with Crippen LogP contribution in [0.15, 0.2) is 10.3 Å². The van der Waals surface area contributed by atoms with Gasteiger partial charge in [0.05, 0.1) is 4.08 Å². The van der Waals surface area contributed by atoms with E-state index in [1.807, 2.05) is 0 Å². The lowest BCUT2D eigenvalue weighted by atomic mass is 10.2. The largest absolute Gasteiger partial charge is 0.144 e. The predicted molar refractivity (Wildman–Crippen MR) is 80.4 cm³/mol. The average Bonchev–Trinajstić information content (AvgIpc) is 3.22. The van der Waals surface area contributed by atoms with Crippen LogP contribution in [-0.2, 0) is 0 Å². The smallest absolute Gasteiger partial charge is 0.0685 e. The van der Waals surface area contributed by atoms with E-state index in [2.05, 4.69) is 53.1 Å². The molecule has 0 nitrogen and oxygen atoms in total. The Bertz CT molecular complexity index is 312. The molecule has 2 aliphatic carbocycles. The van der Waals surface area contributed by atoms with Crippen LogP contribution in [0.25, 0.3) is 0 Å². The monoisotopic (exact) mass is 288 g/mol. The number of fused-ring (bicyclic) bond motifs is 3. The Morgan fingerprint density at radius 1 is 0.938 bits per heavy atom. The van der Waals surface area contributed by atoms with Crippen LogP contribution in [0, 0.1) is 17.8 Å². The van der Waals surface area contributed by atoms with Gasteiger partial charge in [-0.15, -0.1) is 47.0 Å². The first-order chi connectivity index (χ1) is 7.92. The Morgan fingerprint density at radius 3 is 2.25 bits per heavy atom. The molecule has 4 fully saturated rings. The molecule has 0 amide bonds. The zero-order valence-corrected chi connectivity index (χ0v) is 12.5. The number of hydrogen-bond donors (Lipinski definition) is 0. The highest BCUT2D eigenvalue weighted by Crippen LogP contribution is 2.86. The Hall–Kier alpha value is 1.14. The topological polar surface area (TPSA) is 0 Å². The molecule has 2 unspecified atom stereocenters. The first kappa shape index (κ1) is 11.0. The van der Waals surface area contributed by atoms with Crippen LogP contribution in [0.2, 0.25) is 0 Å². The van der Waals surface area contributed by atoms with Crippen LogP contribution < -0.4 is 0 Å². The van der Waals surface area contributed by atoms with Gasteiger partial charge in [-0.05, 0) is 53.6 Å². The maximum absolute atomic E-state index is 2.62. The average molecular weight is 289 g/mol. The summed E-state index contributed by atoms with van der Waals surface area (Å²) in [5.74, 6) is 8.67. The summed E-state index contributed by atoms with van der Waals surface area (Å²) in [5, 5.41) is 0. The van der Waals surface area contributed by atoms with Crippen molar-refractivity contribution in [3.63, 3.8) is 0 Å². The lowest BCUT2D eigenvalue weighted by Gasteiger charge is -2.29. The quantitative estimate of drug-likeness (QED) is 0.711. The van der Waals surface area contributed by atoms with Gasteiger partial charge in [-0.3, -0.25) is 0 Å². The molecule has 2 saturated carbocycles. The molecule has 0 N–H and O–H groups in total. The summed E-state index contributed by atoms with van der Waals surface area (Å²) >= 11 is 8.75. The standard InChI is InChI=1S/C12H16S4/c1-3-13-9(14-4-1)7-8-10-11(8)12(10)15-5-2-6-16-12/h7-8,10-11H,1-6H2. The summed E-state index contributed by atoms with van der Waals surface area (Å²) in [4.78, 5) is 0. The normalized spacial score (nSPS) is 44.0. The second kappa shape index (κ2) is 4.07. The van der Waals surface area contributed by atoms with E-state index in [0.717, 1.165) is 21.8 Å². The van der Waals surface area contributed by atoms with Crippen molar-refractivity contribution in [2.24, 2.45) is 17.8 Å². The van der Waals surface area contributed by atoms with E-state index in [9.17, 15) is 0 Å². The predicted octanol–water partition coefficient (Wildman–Crippen LogP) is 4.14. The molecule has 2 saturated heterocycles. The van der Waals surface area contributed by atoms with Gasteiger partial charge >= 0.3 is 0 Å². The number of hydrogen-bond acceptors (Lipinski definition) is 4. The van der Waals surface area contributed by atoms with E-state index < -0.39 is 0 Å². The van der Waals surface area contributed by atoms with Crippen molar-refractivity contribution in [2.75, 3.05) is 23.0 Å². The van der Waals surface area contributed by atoms with Crippen molar-refractivity contribution < 1.29 is 0 Å². The van der Waals surface area contributed by atoms with Gasteiger partial charge in [0.1, 0.15) is 0 Å². The molecular formula is C12H16S4. The van der Waals surface area contributed by atoms with Crippen molar-refractivity contribution in [3.05, 3.63) is 10.3 Å². The zero-order chi connectivity index (χ0) is 10.6. The summed E-state index contributed by atoms with van der Waals surface area (Å²) in [6.45, 7) is 0. The van der Waals surface area contributed by atoms with Crippen LogP contribution in [0.5, 0.6) is 0 Å². The van der Waals surface area contributed by atoms with E-state index >= 15 is 0 Å². The second-order valence-electron chi connectivity index (χ2n) is 4.94. The summed E-state index contributed by atoms with van der Waals surface area (Å²) in [7, 11) is 0. The molecule has 4 aliphatic rings. The molecule has 2 heterocycles. The fraction of sp³-hybridized carbons (Fsp3) is 0.833.